The Hall–Kier alpha value is -1.72. The molecule has 0 radical (unpaired) electrons. The topological polar surface area (TPSA) is 58.3 Å². The van der Waals surface area contributed by atoms with Crippen LogP contribution in [0.5, 0.6) is 0 Å². The molecule has 5 heteroatoms. The van der Waals surface area contributed by atoms with Crippen molar-refractivity contribution in [3.63, 3.8) is 0 Å². The van der Waals surface area contributed by atoms with Gasteiger partial charge in [0.1, 0.15) is 5.82 Å². The molecule has 19 heavy (non-hydrogen) atoms. The Morgan fingerprint density at radius 2 is 1.84 bits per heavy atom. The van der Waals surface area contributed by atoms with E-state index in [0.29, 0.717) is 11.4 Å². The van der Waals surface area contributed by atoms with Crippen LogP contribution in [-0.4, -0.2) is 26.6 Å². The maximum Gasteiger partial charge on any atom is 0.123 e. The number of nitrogens with zero attached hydrogens (tertiary/aromatic N) is 2. The molecule has 1 aromatic carbocycles. The third-order valence-corrected chi connectivity index (χ3v) is 3.05. The number of benzene rings is 1. The van der Waals surface area contributed by atoms with Gasteiger partial charge in [-0.2, -0.15) is 5.10 Å². The van der Waals surface area contributed by atoms with Crippen LogP contribution in [0.3, 0.4) is 0 Å². The molecule has 1 aromatic heterocycles. The quantitative estimate of drug-likeness (QED) is 0.887. The third kappa shape index (κ3) is 2.67. The molecule has 4 nitrogen and oxygen atoms in total. The predicted octanol–water partition coefficient (Wildman–Crippen LogP) is 1.91. The molecule has 0 atom stereocenters. The number of hydrogen-bond acceptors (Lipinski definition) is 3. The largest absolute Gasteiger partial charge is 0.394 e. The van der Waals surface area contributed by atoms with Crippen LogP contribution in [0, 0.1) is 5.82 Å². The van der Waals surface area contributed by atoms with Crippen molar-refractivity contribution in [2.45, 2.75) is 26.0 Å². The zero-order valence-corrected chi connectivity index (χ0v) is 11.0. The van der Waals surface area contributed by atoms with Gasteiger partial charge in [0.05, 0.1) is 30.1 Å². The first kappa shape index (κ1) is 13.7. The van der Waals surface area contributed by atoms with E-state index in [9.17, 15) is 14.6 Å². The summed E-state index contributed by atoms with van der Waals surface area (Å²) in [5.74, 6) is -0.304. The monoisotopic (exact) mass is 264 g/mol. The summed E-state index contributed by atoms with van der Waals surface area (Å²) in [5, 5.41) is 23.2. The maximum atomic E-state index is 12.9. The third-order valence-electron chi connectivity index (χ3n) is 3.05. The lowest BCUT2D eigenvalue weighted by Crippen LogP contribution is -2.33. The summed E-state index contributed by atoms with van der Waals surface area (Å²) in [6, 6.07) is 7.74. The molecular formula is C14H17FN2O2. The molecule has 2 rings (SSSR count). The van der Waals surface area contributed by atoms with Crippen molar-refractivity contribution in [3.8, 4) is 11.3 Å². The van der Waals surface area contributed by atoms with Crippen molar-refractivity contribution in [2.75, 3.05) is 6.61 Å². The van der Waals surface area contributed by atoms with Gasteiger partial charge in [-0.05, 0) is 44.2 Å². The van der Waals surface area contributed by atoms with E-state index in [1.54, 1.807) is 22.9 Å². The number of aliphatic hydroxyl groups excluding tert-OH is 2. The average Bonchev–Trinajstić information content (AvgIpc) is 2.84. The molecule has 0 aliphatic rings. The fourth-order valence-corrected chi connectivity index (χ4v) is 1.89. The first-order valence-electron chi connectivity index (χ1n) is 6.05. The Balaban J connectivity index is 2.47. The zero-order valence-electron chi connectivity index (χ0n) is 11.0. The van der Waals surface area contributed by atoms with Crippen LogP contribution in [0.2, 0.25) is 0 Å². The molecule has 0 amide bonds. The Bertz CT molecular complexity index is 561. The van der Waals surface area contributed by atoms with Crippen LogP contribution in [0.1, 0.15) is 19.5 Å². The molecule has 1 heterocycles. The number of halogens is 1. The van der Waals surface area contributed by atoms with E-state index in [0.717, 1.165) is 5.56 Å². The Morgan fingerprint density at radius 1 is 1.21 bits per heavy atom. The minimum atomic E-state index is -0.601. The number of rotatable bonds is 4. The Morgan fingerprint density at radius 3 is 2.37 bits per heavy atom. The summed E-state index contributed by atoms with van der Waals surface area (Å²) < 4.78 is 14.5. The molecule has 0 saturated carbocycles. The molecule has 0 spiro atoms. The summed E-state index contributed by atoms with van der Waals surface area (Å²) in [6.07, 6.45) is 0. The maximum absolute atomic E-state index is 12.9. The first-order chi connectivity index (χ1) is 8.97. The van der Waals surface area contributed by atoms with E-state index in [1.807, 2.05) is 13.8 Å². The van der Waals surface area contributed by atoms with Crippen LogP contribution < -0.4 is 0 Å². The minimum Gasteiger partial charge on any atom is -0.394 e. The van der Waals surface area contributed by atoms with E-state index >= 15 is 0 Å². The van der Waals surface area contributed by atoms with Gasteiger partial charge in [-0.3, -0.25) is 4.68 Å². The fraction of sp³-hybridized carbons (Fsp3) is 0.357. The molecule has 0 aliphatic carbocycles. The molecule has 0 bridgehead atoms. The summed E-state index contributed by atoms with van der Waals surface area (Å²) in [7, 11) is 0. The Labute approximate surface area is 111 Å². The molecule has 2 aromatic rings. The Kier molecular flexibility index (Phi) is 3.68. The van der Waals surface area contributed by atoms with Crippen molar-refractivity contribution in [2.24, 2.45) is 0 Å². The van der Waals surface area contributed by atoms with Gasteiger partial charge in [0, 0.05) is 5.56 Å². The second-order valence-electron chi connectivity index (χ2n) is 5.07. The van der Waals surface area contributed by atoms with Crippen molar-refractivity contribution >= 4 is 0 Å². The first-order valence-corrected chi connectivity index (χ1v) is 6.05. The average molecular weight is 264 g/mol. The summed E-state index contributed by atoms with van der Waals surface area (Å²) in [5.41, 5.74) is 1.42. The van der Waals surface area contributed by atoms with Crippen molar-refractivity contribution in [3.05, 3.63) is 41.8 Å². The SMILES string of the molecule is CC(C)(CO)n1nc(-c2ccc(F)cc2)cc1CO. The van der Waals surface area contributed by atoms with Crippen molar-refractivity contribution in [1.29, 1.82) is 0 Å². The number of aromatic nitrogens is 2. The highest BCUT2D eigenvalue weighted by Gasteiger charge is 2.24. The molecule has 0 unspecified atom stereocenters. The van der Waals surface area contributed by atoms with E-state index in [2.05, 4.69) is 5.10 Å². The van der Waals surface area contributed by atoms with Crippen molar-refractivity contribution in [1.82, 2.24) is 9.78 Å². The zero-order chi connectivity index (χ0) is 14.0. The second-order valence-corrected chi connectivity index (χ2v) is 5.07. The van der Waals surface area contributed by atoms with Gasteiger partial charge >= 0.3 is 0 Å². The van der Waals surface area contributed by atoms with Crippen LogP contribution in [0.25, 0.3) is 11.3 Å². The van der Waals surface area contributed by atoms with Gasteiger partial charge < -0.3 is 10.2 Å². The molecule has 0 aliphatic heterocycles. The normalized spacial score (nSPS) is 11.8. The molecule has 0 fully saturated rings. The van der Waals surface area contributed by atoms with E-state index in [-0.39, 0.29) is 19.0 Å². The van der Waals surface area contributed by atoms with Crippen LogP contribution >= 0.6 is 0 Å². The fourth-order valence-electron chi connectivity index (χ4n) is 1.89. The summed E-state index contributed by atoms with van der Waals surface area (Å²) in [4.78, 5) is 0. The van der Waals surface area contributed by atoms with E-state index in [1.165, 1.54) is 12.1 Å². The molecular weight excluding hydrogens is 247 g/mol. The van der Waals surface area contributed by atoms with Gasteiger partial charge in [-0.1, -0.05) is 0 Å². The highest BCUT2D eigenvalue weighted by atomic mass is 19.1. The van der Waals surface area contributed by atoms with E-state index in [4.69, 9.17) is 0 Å². The molecule has 102 valence electrons. The van der Waals surface area contributed by atoms with Crippen molar-refractivity contribution < 1.29 is 14.6 Å². The minimum absolute atomic E-state index is 0.0927. The molecule has 2 N–H and O–H groups in total. The second kappa shape index (κ2) is 5.11. The standard InChI is InChI=1S/C14H17FN2O2/c1-14(2,9-19)17-12(8-18)7-13(16-17)10-3-5-11(15)6-4-10/h3-7,18-19H,8-9H2,1-2H3. The lowest BCUT2D eigenvalue weighted by Gasteiger charge is -2.24. The highest BCUT2D eigenvalue weighted by Crippen LogP contribution is 2.24. The summed E-state index contributed by atoms with van der Waals surface area (Å²) >= 11 is 0. The summed E-state index contributed by atoms with van der Waals surface area (Å²) in [6.45, 7) is 3.39. The number of hydrogen-bond donors (Lipinski definition) is 2. The van der Waals surface area contributed by atoms with Gasteiger partial charge in [-0.15, -0.1) is 0 Å². The van der Waals surface area contributed by atoms with E-state index < -0.39 is 5.54 Å². The predicted molar refractivity (Wildman–Crippen MR) is 70.0 cm³/mol. The smallest absolute Gasteiger partial charge is 0.123 e. The van der Waals surface area contributed by atoms with Gasteiger partial charge in [0.2, 0.25) is 0 Å². The molecule has 0 saturated heterocycles. The van der Waals surface area contributed by atoms with Gasteiger partial charge in [-0.25, -0.2) is 4.39 Å². The lowest BCUT2D eigenvalue weighted by atomic mass is 10.1. The van der Waals surface area contributed by atoms with Crippen LogP contribution in [0.15, 0.2) is 30.3 Å². The number of aliphatic hydroxyl groups is 2. The van der Waals surface area contributed by atoms with Gasteiger partial charge in [0.15, 0.2) is 0 Å². The van der Waals surface area contributed by atoms with Crippen LogP contribution in [-0.2, 0) is 12.1 Å². The lowest BCUT2D eigenvalue weighted by molar-refractivity contribution is 0.141. The van der Waals surface area contributed by atoms with Gasteiger partial charge in [0.25, 0.3) is 0 Å². The van der Waals surface area contributed by atoms with Crippen LogP contribution in [0.4, 0.5) is 4.39 Å². The highest BCUT2D eigenvalue weighted by molar-refractivity contribution is 5.59.